The first-order valence-electron chi connectivity index (χ1n) is 7.92. The number of amides is 1. The van der Waals surface area contributed by atoms with Gasteiger partial charge in [-0.2, -0.15) is 0 Å². The van der Waals surface area contributed by atoms with Crippen molar-refractivity contribution >= 4 is 5.91 Å². The minimum Gasteiger partial charge on any atom is -0.376 e. The van der Waals surface area contributed by atoms with Crippen LogP contribution in [0.1, 0.15) is 39.0 Å². The summed E-state index contributed by atoms with van der Waals surface area (Å²) in [6.45, 7) is 5.09. The zero-order valence-electron chi connectivity index (χ0n) is 12.3. The number of allylic oxidation sites excluding steroid dienone is 2. The van der Waals surface area contributed by atoms with Crippen molar-refractivity contribution in [3.8, 4) is 0 Å². The van der Waals surface area contributed by atoms with Crippen molar-refractivity contribution in [1.82, 2.24) is 4.90 Å². The third-order valence-corrected chi connectivity index (χ3v) is 4.79. The van der Waals surface area contributed by atoms with E-state index < -0.39 is 0 Å². The molecule has 0 aromatic heterocycles. The number of nitrogens with zero attached hydrogens (tertiary/aromatic N) is 1. The molecule has 3 aliphatic rings. The first-order chi connectivity index (χ1) is 9.72. The van der Waals surface area contributed by atoms with Crippen molar-refractivity contribution in [2.75, 3.05) is 26.3 Å². The highest BCUT2D eigenvalue weighted by Gasteiger charge is 2.45. The maximum absolute atomic E-state index is 12.5. The van der Waals surface area contributed by atoms with Crippen LogP contribution in [-0.2, 0) is 14.3 Å². The second-order valence-electron chi connectivity index (χ2n) is 6.28. The molecule has 3 rings (SSSR count). The van der Waals surface area contributed by atoms with Gasteiger partial charge in [-0.1, -0.05) is 12.2 Å². The Hall–Kier alpha value is -0.870. The molecule has 1 spiro atoms. The van der Waals surface area contributed by atoms with Gasteiger partial charge in [0.15, 0.2) is 0 Å². The number of hydrogen-bond acceptors (Lipinski definition) is 3. The van der Waals surface area contributed by atoms with Crippen LogP contribution in [0.25, 0.3) is 0 Å². The van der Waals surface area contributed by atoms with Gasteiger partial charge in [0.2, 0.25) is 5.91 Å². The molecule has 2 saturated heterocycles. The molecular weight excluding hydrogens is 254 g/mol. The summed E-state index contributed by atoms with van der Waals surface area (Å²) < 4.78 is 11.7. The molecule has 4 nitrogen and oxygen atoms in total. The number of carbonyl (C=O) groups excluding carboxylic acids is 1. The van der Waals surface area contributed by atoms with Crippen molar-refractivity contribution < 1.29 is 14.3 Å². The van der Waals surface area contributed by atoms with E-state index in [4.69, 9.17) is 9.47 Å². The van der Waals surface area contributed by atoms with Gasteiger partial charge in [0.25, 0.3) is 0 Å². The van der Waals surface area contributed by atoms with Gasteiger partial charge in [0.1, 0.15) is 0 Å². The number of carbonyl (C=O) groups is 1. The van der Waals surface area contributed by atoms with Gasteiger partial charge in [0, 0.05) is 32.0 Å². The molecule has 0 N–H and O–H groups in total. The van der Waals surface area contributed by atoms with E-state index in [9.17, 15) is 4.79 Å². The molecule has 1 aliphatic carbocycles. The smallest absolute Gasteiger partial charge is 0.226 e. The van der Waals surface area contributed by atoms with Gasteiger partial charge in [-0.3, -0.25) is 4.79 Å². The van der Waals surface area contributed by atoms with Crippen LogP contribution in [0, 0.1) is 5.92 Å². The summed E-state index contributed by atoms with van der Waals surface area (Å²) >= 11 is 0. The molecule has 4 heteroatoms. The fourth-order valence-corrected chi connectivity index (χ4v) is 3.79. The van der Waals surface area contributed by atoms with Crippen LogP contribution in [-0.4, -0.2) is 48.8 Å². The lowest BCUT2D eigenvalue weighted by Gasteiger charge is -2.40. The fourth-order valence-electron chi connectivity index (χ4n) is 3.79. The van der Waals surface area contributed by atoms with Gasteiger partial charge in [-0.15, -0.1) is 0 Å². The second-order valence-corrected chi connectivity index (χ2v) is 6.28. The highest BCUT2D eigenvalue weighted by Crippen LogP contribution is 2.36. The van der Waals surface area contributed by atoms with Crippen LogP contribution in [0.2, 0.25) is 0 Å². The molecule has 0 bridgehead atoms. The maximum atomic E-state index is 12.5. The lowest BCUT2D eigenvalue weighted by atomic mass is 9.88. The number of piperidine rings is 1. The number of hydrogen-bond donors (Lipinski definition) is 0. The standard InChI is InChI=1S/C16H25NO3/c1-2-19-14-10-16(20-11-14)8-5-9-17(12-16)15(18)13-6-3-4-7-13/h3-4,13-14H,2,5-12H2,1H3/t14-,16+/m1/s1. The topological polar surface area (TPSA) is 38.8 Å². The molecular formula is C16H25NO3. The van der Waals surface area contributed by atoms with Gasteiger partial charge in [0.05, 0.1) is 18.3 Å². The zero-order chi connectivity index (χ0) is 14.0. The summed E-state index contributed by atoms with van der Waals surface area (Å²) in [6.07, 6.45) is 9.32. The van der Waals surface area contributed by atoms with Crippen molar-refractivity contribution in [2.45, 2.75) is 50.7 Å². The van der Waals surface area contributed by atoms with E-state index in [0.717, 1.165) is 51.8 Å². The van der Waals surface area contributed by atoms with Crippen molar-refractivity contribution in [3.63, 3.8) is 0 Å². The summed E-state index contributed by atoms with van der Waals surface area (Å²) in [4.78, 5) is 14.6. The second kappa shape index (κ2) is 5.86. The molecule has 0 unspecified atom stereocenters. The first kappa shape index (κ1) is 14.1. The van der Waals surface area contributed by atoms with Crippen LogP contribution in [0.4, 0.5) is 0 Å². The minimum absolute atomic E-state index is 0.139. The normalized spacial score (nSPS) is 34.2. The monoisotopic (exact) mass is 279 g/mol. The Labute approximate surface area is 121 Å². The molecule has 0 radical (unpaired) electrons. The lowest BCUT2D eigenvalue weighted by Crippen LogP contribution is -2.51. The van der Waals surface area contributed by atoms with Gasteiger partial charge in [-0.05, 0) is 32.6 Å². The largest absolute Gasteiger partial charge is 0.376 e. The zero-order valence-corrected chi connectivity index (χ0v) is 12.3. The van der Waals surface area contributed by atoms with Gasteiger partial charge in [-0.25, -0.2) is 0 Å². The summed E-state index contributed by atoms with van der Waals surface area (Å²) in [5.41, 5.74) is -0.139. The Balaban J connectivity index is 1.60. The molecule has 2 fully saturated rings. The minimum atomic E-state index is -0.139. The number of likely N-dealkylation sites (tertiary alicyclic amines) is 1. The first-order valence-corrected chi connectivity index (χ1v) is 7.92. The van der Waals surface area contributed by atoms with E-state index in [1.807, 2.05) is 11.8 Å². The van der Waals surface area contributed by atoms with Crippen molar-refractivity contribution in [1.29, 1.82) is 0 Å². The molecule has 2 atom stereocenters. The van der Waals surface area contributed by atoms with Crippen LogP contribution in [0.3, 0.4) is 0 Å². The van der Waals surface area contributed by atoms with Gasteiger partial charge >= 0.3 is 0 Å². The van der Waals surface area contributed by atoms with E-state index in [1.54, 1.807) is 0 Å². The van der Waals surface area contributed by atoms with Gasteiger partial charge < -0.3 is 14.4 Å². The molecule has 0 aromatic carbocycles. The molecule has 20 heavy (non-hydrogen) atoms. The average molecular weight is 279 g/mol. The van der Waals surface area contributed by atoms with Crippen LogP contribution < -0.4 is 0 Å². The van der Waals surface area contributed by atoms with Crippen LogP contribution in [0.15, 0.2) is 12.2 Å². The Kier molecular flexibility index (Phi) is 4.13. The van der Waals surface area contributed by atoms with E-state index in [1.165, 1.54) is 0 Å². The predicted octanol–water partition coefficient (Wildman–Crippen LogP) is 2.14. The maximum Gasteiger partial charge on any atom is 0.226 e. The molecule has 0 saturated carbocycles. The fraction of sp³-hybridized carbons (Fsp3) is 0.812. The third-order valence-electron chi connectivity index (χ3n) is 4.79. The van der Waals surface area contributed by atoms with Crippen molar-refractivity contribution in [2.24, 2.45) is 5.92 Å². The van der Waals surface area contributed by atoms with Crippen LogP contribution in [0.5, 0.6) is 0 Å². The Bertz CT molecular complexity index is 387. The van der Waals surface area contributed by atoms with E-state index in [0.29, 0.717) is 12.5 Å². The molecule has 1 amide bonds. The molecule has 2 aliphatic heterocycles. The SMILES string of the molecule is CCO[C@H]1CO[C@@]2(CCCN(C(=O)C3CC=CC3)C2)C1. The molecule has 0 aromatic rings. The highest BCUT2D eigenvalue weighted by molar-refractivity contribution is 5.79. The summed E-state index contributed by atoms with van der Waals surface area (Å²) in [7, 11) is 0. The number of rotatable bonds is 3. The number of ether oxygens (including phenoxy) is 2. The summed E-state index contributed by atoms with van der Waals surface area (Å²) in [6, 6.07) is 0. The van der Waals surface area contributed by atoms with Crippen molar-refractivity contribution in [3.05, 3.63) is 12.2 Å². The Morgan fingerprint density at radius 3 is 3.00 bits per heavy atom. The van der Waals surface area contributed by atoms with E-state index >= 15 is 0 Å². The summed E-state index contributed by atoms with van der Waals surface area (Å²) in [5, 5.41) is 0. The third kappa shape index (κ3) is 2.77. The summed E-state index contributed by atoms with van der Waals surface area (Å²) in [5.74, 6) is 0.492. The quantitative estimate of drug-likeness (QED) is 0.743. The lowest BCUT2D eigenvalue weighted by molar-refractivity contribution is -0.143. The van der Waals surface area contributed by atoms with E-state index in [2.05, 4.69) is 12.2 Å². The molecule has 2 heterocycles. The highest BCUT2D eigenvalue weighted by atomic mass is 16.6. The Morgan fingerprint density at radius 1 is 1.45 bits per heavy atom. The Morgan fingerprint density at radius 2 is 2.25 bits per heavy atom. The molecule has 112 valence electrons. The van der Waals surface area contributed by atoms with E-state index in [-0.39, 0.29) is 17.6 Å². The average Bonchev–Trinajstić information content (AvgIpc) is 3.09. The predicted molar refractivity (Wildman–Crippen MR) is 76.4 cm³/mol. The van der Waals surface area contributed by atoms with Crippen LogP contribution >= 0.6 is 0 Å².